The van der Waals surface area contributed by atoms with Crippen LogP contribution in [0, 0.1) is 13.8 Å². The van der Waals surface area contributed by atoms with Gasteiger partial charge in [-0.05, 0) is 13.8 Å². The second-order valence-electron chi connectivity index (χ2n) is 3.52. The quantitative estimate of drug-likeness (QED) is 0.864. The van der Waals surface area contributed by atoms with Gasteiger partial charge in [0.25, 0.3) is 5.91 Å². The van der Waals surface area contributed by atoms with E-state index in [0.717, 1.165) is 11.4 Å². The van der Waals surface area contributed by atoms with Crippen molar-refractivity contribution in [2.24, 2.45) is 7.05 Å². The van der Waals surface area contributed by atoms with Gasteiger partial charge in [0.1, 0.15) is 10.7 Å². The third-order valence-corrected chi connectivity index (χ3v) is 3.12. The summed E-state index contributed by atoms with van der Waals surface area (Å²) in [4.78, 5) is 16.6. The van der Waals surface area contributed by atoms with Crippen LogP contribution in [0.5, 0.6) is 0 Å². The van der Waals surface area contributed by atoms with Crippen molar-refractivity contribution in [1.82, 2.24) is 14.8 Å². The van der Waals surface area contributed by atoms with Gasteiger partial charge in [-0.15, -0.1) is 11.3 Å². The number of anilines is 1. The van der Waals surface area contributed by atoms with Crippen LogP contribution in [0.3, 0.4) is 0 Å². The Morgan fingerprint density at radius 3 is 2.75 bits per heavy atom. The standard InChI is InChI=1S/C10H12N4OS/c1-6-4-8(14(3)13-6)12-10(15)9-7(2)11-5-16-9/h4-5H,1-3H3,(H,12,15). The molecule has 5 nitrogen and oxygen atoms in total. The average Bonchev–Trinajstić information content (AvgIpc) is 2.74. The van der Waals surface area contributed by atoms with E-state index in [9.17, 15) is 4.79 Å². The summed E-state index contributed by atoms with van der Waals surface area (Å²) in [5.41, 5.74) is 3.29. The first-order valence-electron chi connectivity index (χ1n) is 4.80. The van der Waals surface area contributed by atoms with Gasteiger partial charge < -0.3 is 5.32 Å². The molecule has 0 spiro atoms. The summed E-state index contributed by atoms with van der Waals surface area (Å²) in [6, 6.07) is 1.83. The van der Waals surface area contributed by atoms with E-state index in [2.05, 4.69) is 15.4 Å². The molecule has 2 rings (SSSR count). The van der Waals surface area contributed by atoms with Crippen LogP contribution < -0.4 is 5.32 Å². The maximum Gasteiger partial charge on any atom is 0.268 e. The lowest BCUT2D eigenvalue weighted by atomic mass is 10.3. The van der Waals surface area contributed by atoms with E-state index in [1.807, 2.05) is 19.9 Å². The number of thiazole rings is 1. The minimum atomic E-state index is -0.136. The number of rotatable bonds is 2. The van der Waals surface area contributed by atoms with Gasteiger partial charge in [-0.2, -0.15) is 5.10 Å². The third-order valence-electron chi connectivity index (χ3n) is 2.20. The minimum absolute atomic E-state index is 0.136. The predicted octanol–water partition coefficient (Wildman–Crippen LogP) is 1.75. The zero-order valence-corrected chi connectivity index (χ0v) is 10.1. The lowest BCUT2D eigenvalue weighted by molar-refractivity contribution is 0.102. The summed E-state index contributed by atoms with van der Waals surface area (Å²) in [7, 11) is 1.79. The predicted molar refractivity (Wildman–Crippen MR) is 62.7 cm³/mol. The maximum absolute atomic E-state index is 11.9. The molecular weight excluding hydrogens is 224 g/mol. The SMILES string of the molecule is Cc1cc(NC(=O)c2scnc2C)n(C)n1. The second kappa shape index (κ2) is 4.05. The Bertz CT molecular complexity index is 529. The van der Waals surface area contributed by atoms with Crippen molar-refractivity contribution in [3.8, 4) is 0 Å². The average molecular weight is 236 g/mol. The lowest BCUT2D eigenvalue weighted by Gasteiger charge is -2.03. The number of nitrogens with one attached hydrogen (secondary N) is 1. The second-order valence-corrected chi connectivity index (χ2v) is 4.37. The molecule has 0 aliphatic carbocycles. The zero-order chi connectivity index (χ0) is 11.7. The summed E-state index contributed by atoms with van der Waals surface area (Å²) < 4.78 is 1.64. The Hall–Kier alpha value is -1.69. The van der Waals surface area contributed by atoms with Crippen molar-refractivity contribution in [1.29, 1.82) is 0 Å². The van der Waals surface area contributed by atoms with Crippen LogP contribution in [0.4, 0.5) is 5.82 Å². The molecule has 1 amide bonds. The van der Waals surface area contributed by atoms with E-state index in [1.165, 1.54) is 11.3 Å². The molecule has 0 aliphatic rings. The first-order chi connectivity index (χ1) is 7.58. The third kappa shape index (κ3) is 1.96. The normalized spacial score (nSPS) is 10.4. The van der Waals surface area contributed by atoms with Crippen molar-refractivity contribution >= 4 is 23.1 Å². The zero-order valence-electron chi connectivity index (χ0n) is 9.31. The molecule has 0 atom stereocenters. The Labute approximate surface area is 97.1 Å². The molecule has 0 aromatic carbocycles. The molecule has 0 aliphatic heterocycles. The van der Waals surface area contributed by atoms with Gasteiger partial charge in [0.05, 0.1) is 16.9 Å². The van der Waals surface area contributed by atoms with Gasteiger partial charge in [-0.25, -0.2) is 4.98 Å². The van der Waals surface area contributed by atoms with Crippen LogP contribution in [-0.4, -0.2) is 20.7 Å². The molecule has 2 heterocycles. The fraction of sp³-hybridized carbons (Fsp3) is 0.300. The van der Waals surface area contributed by atoms with E-state index in [0.29, 0.717) is 10.7 Å². The van der Waals surface area contributed by atoms with E-state index in [1.54, 1.807) is 17.2 Å². The number of aromatic nitrogens is 3. The Balaban J connectivity index is 2.20. The first-order valence-corrected chi connectivity index (χ1v) is 5.68. The largest absolute Gasteiger partial charge is 0.306 e. The molecule has 0 radical (unpaired) electrons. The van der Waals surface area contributed by atoms with Crippen LogP contribution in [0.15, 0.2) is 11.6 Å². The number of carbonyl (C=O) groups is 1. The molecule has 0 saturated heterocycles. The number of nitrogens with zero attached hydrogens (tertiary/aromatic N) is 3. The monoisotopic (exact) mass is 236 g/mol. The summed E-state index contributed by atoms with van der Waals surface area (Å²) in [5, 5.41) is 6.96. The van der Waals surface area contributed by atoms with Crippen molar-refractivity contribution in [3.05, 3.63) is 27.8 Å². The Morgan fingerprint density at radius 2 is 2.25 bits per heavy atom. The molecule has 2 aromatic rings. The van der Waals surface area contributed by atoms with Crippen LogP contribution in [0.2, 0.25) is 0 Å². The molecule has 2 aromatic heterocycles. The van der Waals surface area contributed by atoms with Crippen molar-refractivity contribution < 1.29 is 4.79 Å². The highest BCUT2D eigenvalue weighted by Gasteiger charge is 2.13. The van der Waals surface area contributed by atoms with Crippen LogP contribution >= 0.6 is 11.3 Å². The summed E-state index contributed by atoms with van der Waals surface area (Å²) in [6.45, 7) is 3.70. The highest BCUT2D eigenvalue weighted by atomic mass is 32.1. The van der Waals surface area contributed by atoms with Crippen LogP contribution in [0.1, 0.15) is 21.1 Å². The molecule has 16 heavy (non-hydrogen) atoms. The number of aryl methyl sites for hydroxylation is 3. The Morgan fingerprint density at radius 1 is 1.50 bits per heavy atom. The first kappa shape index (κ1) is 10.8. The van der Waals surface area contributed by atoms with Gasteiger partial charge in [0.15, 0.2) is 0 Å². The molecule has 0 unspecified atom stereocenters. The molecule has 6 heteroatoms. The van der Waals surface area contributed by atoms with E-state index >= 15 is 0 Å². The van der Waals surface area contributed by atoms with Gasteiger partial charge in [0.2, 0.25) is 0 Å². The topological polar surface area (TPSA) is 59.8 Å². The molecule has 0 fully saturated rings. The Kier molecular flexibility index (Phi) is 2.74. The lowest BCUT2D eigenvalue weighted by Crippen LogP contribution is -2.14. The van der Waals surface area contributed by atoms with Gasteiger partial charge in [-0.1, -0.05) is 0 Å². The number of carbonyl (C=O) groups excluding carboxylic acids is 1. The van der Waals surface area contributed by atoms with E-state index in [4.69, 9.17) is 0 Å². The number of amides is 1. The fourth-order valence-electron chi connectivity index (χ4n) is 1.42. The number of hydrogen-bond donors (Lipinski definition) is 1. The van der Waals surface area contributed by atoms with Crippen molar-refractivity contribution in [2.45, 2.75) is 13.8 Å². The van der Waals surface area contributed by atoms with Crippen LogP contribution in [0.25, 0.3) is 0 Å². The van der Waals surface area contributed by atoms with E-state index < -0.39 is 0 Å². The van der Waals surface area contributed by atoms with Gasteiger partial charge >= 0.3 is 0 Å². The molecule has 1 N–H and O–H groups in total. The summed E-state index contributed by atoms with van der Waals surface area (Å²) >= 11 is 1.34. The highest BCUT2D eigenvalue weighted by molar-refractivity contribution is 7.12. The molecule has 0 bridgehead atoms. The molecule has 84 valence electrons. The number of hydrogen-bond acceptors (Lipinski definition) is 4. The molecular formula is C10H12N4OS. The minimum Gasteiger partial charge on any atom is -0.306 e. The highest BCUT2D eigenvalue weighted by Crippen LogP contribution is 2.15. The summed E-state index contributed by atoms with van der Waals surface area (Å²) in [6.07, 6.45) is 0. The summed E-state index contributed by atoms with van der Waals surface area (Å²) in [5.74, 6) is 0.554. The fourth-order valence-corrected chi connectivity index (χ4v) is 2.12. The van der Waals surface area contributed by atoms with Crippen molar-refractivity contribution in [3.63, 3.8) is 0 Å². The maximum atomic E-state index is 11.9. The smallest absolute Gasteiger partial charge is 0.268 e. The van der Waals surface area contributed by atoms with Gasteiger partial charge in [-0.3, -0.25) is 9.48 Å². The van der Waals surface area contributed by atoms with Gasteiger partial charge in [0, 0.05) is 13.1 Å². The van der Waals surface area contributed by atoms with Crippen LogP contribution in [-0.2, 0) is 7.05 Å². The molecule has 0 saturated carbocycles. The van der Waals surface area contributed by atoms with E-state index in [-0.39, 0.29) is 5.91 Å². The van der Waals surface area contributed by atoms with Crippen molar-refractivity contribution in [2.75, 3.05) is 5.32 Å².